The molecule has 0 unspecified atom stereocenters. The molecule has 0 N–H and O–H groups in total. The van der Waals surface area contributed by atoms with E-state index in [1.54, 1.807) is 13.2 Å². The van der Waals surface area contributed by atoms with E-state index >= 15 is 0 Å². The second kappa shape index (κ2) is 12.1. The molecule has 0 atom stereocenters. The van der Waals surface area contributed by atoms with Gasteiger partial charge in [0.05, 0.1) is 6.61 Å². The zero-order valence-corrected chi connectivity index (χ0v) is 18.9. The molecule has 2 saturated carbocycles. The molecule has 2 aliphatic carbocycles. The summed E-state index contributed by atoms with van der Waals surface area (Å²) in [5, 5.41) is 0. The van der Waals surface area contributed by atoms with Crippen molar-refractivity contribution >= 4 is 0 Å². The van der Waals surface area contributed by atoms with E-state index in [9.17, 15) is 4.39 Å². The van der Waals surface area contributed by atoms with Gasteiger partial charge in [-0.05, 0) is 73.8 Å². The van der Waals surface area contributed by atoms with Gasteiger partial charge in [-0.2, -0.15) is 0 Å². The molecule has 1 aromatic carbocycles. The summed E-state index contributed by atoms with van der Waals surface area (Å²) in [5.74, 6) is 3.77. The Morgan fingerprint density at radius 1 is 0.862 bits per heavy atom. The fourth-order valence-corrected chi connectivity index (χ4v) is 5.97. The number of halogens is 1. The normalized spacial score (nSPS) is 27.8. The van der Waals surface area contributed by atoms with Crippen LogP contribution < -0.4 is 0 Å². The van der Waals surface area contributed by atoms with Gasteiger partial charge >= 0.3 is 0 Å². The van der Waals surface area contributed by atoms with Crippen molar-refractivity contribution in [3.05, 3.63) is 35.1 Å². The molecule has 3 rings (SSSR count). The first-order valence-electron chi connectivity index (χ1n) is 12.5. The quantitative estimate of drug-likeness (QED) is 0.359. The highest BCUT2D eigenvalue weighted by Gasteiger charge is 2.30. The van der Waals surface area contributed by atoms with Crippen molar-refractivity contribution in [2.45, 2.75) is 103 Å². The molecule has 2 heteroatoms. The first-order valence-corrected chi connectivity index (χ1v) is 12.5. The number of ether oxygens (including phenoxy) is 1. The van der Waals surface area contributed by atoms with E-state index in [1.165, 1.54) is 83.5 Å². The molecule has 29 heavy (non-hydrogen) atoms. The molecule has 0 amide bonds. The number of rotatable bonds is 10. The highest BCUT2D eigenvalue weighted by Crippen LogP contribution is 2.43. The van der Waals surface area contributed by atoms with Crippen molar-refractivity contribution in [1.29, 1.82) is 0 Å². The Kier molecular flexibility index (Phi) is 9.49. The largest absolute Gasteiger partial charge is 0.380 e. The van der Waals surface area contributed by atoms with Crippen LogP contribution in [0.15, 0.2) is 18.2 Å². The maximum atomic E-state index is 14.1. The molecule has 0 saturated heterocycles. The lowest BCUT2D eigenvalue weighted by molar-refractivity contribution is 0.140. The molecule has 164 valence electrons. The van der Waals surface area contributed by atoms with Gasteiger partial charge in [-0.15, -0.1) is 0 Å². The smallest absolute Gasteiger partial charge is 0.128 e. The van der Waals surface area contributed by atoms with Gasteiger partial charge in [0, 0.05) is 12.7 Å². The third-order valence-corrected chi connectivity index (χ3v) is 7.92. The predicted octanol–water partition coefficient (Wildman–Crippen LogP) is 8.10. The van der Waals surface area contributed by atoms with E-state index in [0.717, 1.165) is 35.7 Å². The van der Waals surface area contributed by atoms with Crippen LogP contribution in [0, 0.1) is 29.5 Å². The number of benzene rings is 1. The van der Waals surface area contributed by atoms with Crippen LogP contribution >= 0.6 is 0 Å². The number of hydrogen-bond donors (Lipinski definition) is 0. The van der Waals surface area contributed by atoms with Gasteiger partial charge in [-0.3, -0.25) is 0 Å². The van der Waals surface area contributed by atoms with Gasteiger partial charge in [0.1, 0.15) is 5.82 Å². The molecular formula is C27H43FO. The Balaban J connectivity index is 1.34. The number of aryl methyl sites for hydroxylation is 1. The number of methoxy groups -OCH3 is 1. The van der Waals surface area contributed by atoms with Crippen LogP contribution in [0.1, 0.15) is 102 Å². The van der Waals surface area contributed by atoms with Gasteiger partial charge < -0.3 is 4.74 Å². The third-order valence-electron chi connectivity index (χ3n) is 7.92. The first kappa shape index (κ1) is 22.8. The van der Waals surface area contributed by atoms with Gasteiger partial charge in [0.2, 0.25) is 0 Å². The molecule has 1 aromatic rings. The standard InChI is InChI=1S/C27H43FO/c1-3-4-5-6-21-9-14-24(15-10-21)25-16-11-22(12-17-25)7-8-23-13-18-26(20-29-2)27(28)19-23/h13,18-19,21-22,24-25H,3-12,14-17,20H2,1-2H3/t21-,22?,24-,25?. The monoisotopic (exact) mass is 402 g/mol. The van der Waals surface area contributed by atoms with Crippen molar-refractivity contribution < 1.29 is 9.13 Å². The Morgan fingerprint density at radius 2 is 1.48 bits per heavy atom. The molecule has 0 heterocycles. The van der Waals surface area contributed by atoms with Crippen molar-refractivity contribution in [2.75, 3.05) is 7.11 Å². The summed E-state index contributed by atoms with van der Waals surface area (Å²) in [5.41, 5.74) is 1.81. The highest BCUT2D eigenvalue weighted by atomic mass is 19.1. The van der Waals surface area contributed by atoms with E-state index in [4.69, 9.17) is 4.74 Å². The molecule has 1 nitrogen and oxygen atoms in total. The van der Waals surface area contributed by atoms with Crippen molar-refractivity contribution in [1.82, 2.24) is 0 Å². The lowest BCUT2D eigenvalue weighted by Gasteiger charge is -2.38. The van der Waals surface area contributed by atoms with Crippen LogP contribution in [0.2, 0.25) is 0 Å². The summed E-state index contributed by atoms with van der Waals surface area (Å²) in [6.07, 6.45) is 19.6. The highest BCUT2D eigenvalue weighted by molar-refractivity contribution is 5.24. The van der Waals surface area contributed by atoms with Crippen LogP contribution in [-0.2, 0) is 17.8 Å². The zero-order chi connectivity index (χ0) is 20.5. The summed E-state index contributed by atoms with van der Waals surface area (Å²) in [7, 11) is 1.61. The van der Waals surface area contributed by atoms with Crippen LogP contribution in [0.5, 0.6) is 0 Å². The molecule has 0 spiro atoms. The van der Waals surface area contributed by atoms with Crippen molar-refractivity contribution in [3.8, 4) is 0 Å². The first-order chi connectivity index (χ1) is 14.2. The Morgan fingerprint density at radius 3 is 2.03 bits per heavy atom. The fourth-order valence-electron chi connectivity index (χ4n) is 5.97. The van der Waals surface area contributed by atoms with E-state index in [2.05, 4.69) is 13.0 Å². The van der Waals surface area contributed by atoms with Gasteiger partial charge in [-0.25, -0.2) is 4.39 Å². The van der Waals surface area contributed by atoms with Gasteiger partial charge in [-0.1, -0.05) is 70.4 Å². The molecule has 2 fully saturated rings. The summed E-state index contributed by atoms with van der Waals surface area (Å²) in [6.45, 7) is 2.67. The van der Waals surface area contributed by atoms with E-state index in [-0.39, 0.29) is 5.82 Å². The second-order valence-electron chi connectivity index (χ2n) is 9.95. The molecule has 2 aliphatic rings. The molecule has 0 bridgehead atoms. The zero-order valence-electron chi connectivity index (χ0n) is 18.9. The van der Waals surface area contributed by atoms with E-state index in [1.807, 2.05) is 6.07 Å². The minimum absolute atomic E-state index is 0.113. The minimum atomic E-state index is -0.113. The molecule has 0 aliphatic heterocycles. The summed E-state index contributed by atoms with van der Waals surface area (Å²) in [6, 6.07) is 5.70. The summed E-state index contributed by atoms with van der Waals surface area (Å²) < 4.78 is 19.1. The van der Waals surface area contributed by atoms with Crippen LogP contribution in [0.4, 0.5) is 4.39 Å². The van der Waals surface area contributed by atoms with Crippen LogP contribution in [0.25, 0.3) is 0 Å². The Bertz CT molecular complexity index is 582. The number of unbranched alkanes of at least 4 members (excludes halogenated alkanes) is 2. The molecule has 0 radical (unpaired) electrons. The minimum Gasteiger partial charge on any atom is -0.380 e. The third kappa shape index (κ3) is 7.09. The van der Waals surface area contributed by atoms with Crippen molar-refractivity contribution in [2.24, 2.45) is 23.7 Å². The summed E-state index contributed by atoms with van der Waals surface area (Å²) >= 11 is 0. The maximum Gasteiger partial charge on any atom is 0.128 e. The Labute approximate surface area is 178 Å². The lowest BCUT2D eigenvalue weighted by atomic mass is 9.68. The average molecular weight is 403 g/mol. The van der Waals surface area contributed by atoms with Crippen LogP contribution in [0.3, 0.4) is 0 Å². The number of hydrogen-bond acceptors (Lipinski definition) is 1. The van der Waals surface area contributed by atoms with E-state index in [0.29, 0.717) is 12.2 Å². The molecular weight excluding hydrogens is 359 g/mol. The van der Waals surface area contributed by atoms with Crippen molar-refractivity contribution in [3.63, 3.8) is 0 Å². The topological polar surface area (TPSA) is 9.23 Å². The van der Waals surface area contributed by atoms with Gasteiger partial charge in [0.15, 0.2) is 0 Å². The van der Waals surface area contributed by atoms with Gasteiger partial charge in [0.25, 0.3) is 0 Å². The Hall–Kier alpha value is -0.890. The second-order valence-corrected chi connectivity index (χ2v) is 9.95. The van der Waals surface area contributed by atoms with Crippen LogP contribution in [-0.4, -0.2) is 7.11 Å². The fraction of sp³-hybridized carbons (Fsp3) is 0.778. The predicted molar refractivity (Wildman–Crippen MR) is 120 cm³/mol. The summed E-state index contributed by atoms with van der Waals surface area (Å²) in [4.78, 5) is 0. The van der Waals surface area contributed by atoms with E-state index < -0.39 is 0 Å². The molecule has 0 aromatic heterocycles. The maximum absolute atomic E-state index is 14.1. The lowest BCUT2D eigenvalue weighted by Crippen LogP contribution is -2.26. The average Bonchev–Trinajstić information content (AvgIpc) is 2.75. The SMILES string of the molecule is CCCCC[C@H]1CC[C@H](C2CCC(CCc3ccc(COC)c(F)c3)CC2)CC1.